The van der Waals surface area contributed by atoms with Gasteiger partial charge in [0.1, 0.15) is 5.15 Å². The van der Waals surface area contributed by atoms with Crippen LogP contribution in [-0.2, 0) is 0 Å². The van der Waals surface area contributed by atoms with E-state index in [1.165, 1.54) is 0 Å². The van der Waals surface area contributed by atoms with Gasteiger partial charge in [0.05, 0.1) is 6.10 Å². The molecule has 1 atom stereocenters. The average molecular weight is 283 g/mol. The summed E-state index contributed by atoms with van der Waals surface area (Å²) in [5.74, 6) is 0. The van der Waals surface area contributed by atoms with Crippen molar-refractivity contribution in [2.24, 2.45) is 0 Å². The Morgan fingerprint density at radius 3 is 2.73 bits per heavy atom. The fraction of sp³-hybridized carbons (Fsp3) is 0.286. The van der Waals surface area contributed by atoms with Crippen LogP contribution >= 0.6 is 34.2 Å². The first kappa shape index (κ1) is 9.22. The second-order valence-electron chi connectivity index (χ2n) is 2.17. The minimum Gasteiger partial charge on any atom is -0.389 e. The smallest absolute Gasteiger partial charge is 0.135 e. The molecule has 1 heterocycles. The molecule has 60 valence electrons. The molecule has 0 bridgehead atoms. The molecule has 1 rings (SSSR count). The lowest BCUT2D eigenvalue weighted by atomic mass is 10.2. The van der Waals surface area contributed by atoms with E-state index in [1.54, 1.807) is 13.1 Å². The van der Waals surface area contributed by atoms with Gasteiger partial charge in [0.15, 0.2) is 0 Å². The first-order valence-electron chi connectivity index (χ1n) is 3.11. The molecule has 1 aromatic rings. The number of pyridine rings is 1. The van der Waals surface area contributed by atoms with Gasteiger partial charge in [-0.1, -0.05) is 11.6 Å². The summed E-state index contributed by atoms with van der Waals surface area (Å²) in [7, 11) is 0. The van der Waals surface area contributed by atoms with Gasteiger partial charge in [-0.05, 0) is 35.6 Å². The highest BCUT2D eigenvalue weighted by Crippen LogP contribution is 2.25. The molecule has 1 N–H and O–H groups in total. The number of nitrogens with zero attached hydrogens (tertiary/aromatic N) is 1. The fourth-order valence-electron chi connectivity index (χ4n) is 0.798. The van der Waals surface area contributed by atoms with E-state index in [9.17, 15) is 5.11 Å². The van der Waals surface area contributed by atoms with Crippen molar-refractivity contribution in [3.05, 3.63) is 26.5 Å². The fourth-order valence-corrected chi connectivity index (χ4v) is 2.14. The first-order valence-corrected chi connectivity index (χ1v) is 4.56. The normalized spacial score (nSPS) is 13.1. The second kappa shape index (κ2) is 3.69. The van der Waals surface area contributed by atoms with E-state index in [-0.39, 0.29) is 0 Å². The molecule has 0 saturated heterocycles. The Kier molecular flexibility index (Phi) is 3.09. The van der Waals surface area contributed by atoms with Gasteiger partial charge in [-0.2, -0.15) is 0 Å². The largest absolute Gasteiger partial charge is 0.389 e. The zero-order valence-electron chi connectivity index (χ0n) is 5.88. The van der Waals surface area contributed by atoms with E-state index >= 15 is 0 Å². The molecule has 0 aliphatic heterocycles. The van der Waals surface area contributed by atoms with Gasteiger partial charge in [0.2, 0.25) is 0 Å². The van der Waals surface area contributed by atoms with Crippen LogP contribution in [0, 0.1) is 3.57 Å². The molecule has 11 heavy (non-hydrogen) atoms. The number of aliphatic hydroxyl groups is 1. The van der Waals surface area contributed by atoms with Gasteiger partial charge in [-0.3, -0.25) is 0 Å². The van der Waals surface area contributed by atoms with Crippen LogP contribution in [-0.4, -0.2) is 10.1 Å². The summed E-state index contributed by atoms with van der Waals surface area (Å²) in [4.78, 5) is 3.86. The van der Waals surface area contributed by atoms with Crippen LogP contribution in [0.25, 0.3) is 0 Å². The standard InChI is InChI=1S/C7H7ClINO/c1-4(11)6-5(9)2-3-10-7(6)8/h2-4,11H,1H3. The molecule has 0 aromatic carbocycles. The summed E-state index contributed by atoms with van der Waals surface area (Å²) in [5.41, 5.74) is 0.703. The maximum Gasteiger partial charge on any atom is 0.135 e. The number of hydrogen-bond donors (Lipinski definition) is 1. The monoisotopic (exact) mass is 283 g/mol. The molecule has 0 radical (unpaired) electrons. The molecular weight excluding hydrogens is 276 g/mol. The third-order valence-electron chi connectivity index (χ3n) is 1.31. The summed E-state index contributed by atoms with van der Waals surface area (Å²) in [6.45, 7) is 1.67. The lowest BCUT2D eigenvalue weighted by Gasteiger charge is -2.07. The summed E-state index contributed by atoms with van der Waals surface area (Å²) in [6.07, 6.45) is 1.07. The van der Waals surface area contributed by atoms with E-state index in [1.807, 2.05) is 6.07 Å². The number of hydrogen-bond acceptors (Lipinski definition) is 2. The average Bonchev–Trinajstić information content (AvgIpc) is 1.85. The Labute approximate surface area is 83.7 Å². The zero-order valence-corrected chi connectivity index (χ0v) is 8.80. The Morgan fingerprint density at radius 1 is 1.73 bits per heavy atom. The van der Waals surface area contributed by atoms with Crippen LogP contribution < -0.4 is 0 Å². The molecular formula is C7H7ClINO. The van der Waals surface area contributed by atoms with Crippen molar-refractivity contribution in [1.82, 2.24) is 4.98 Å². The van der Waals surface area contributed by atoms with Crippen molar-refractivity contribution in [3.63, 3.8) is 0 Å². The summed E-state index contributed by atoms with van der Waals surface area (Å²) < 4.78 is 0.942. The van der Waals surface area contributed by atoms with Crippen LogP contribution in [0.4, 0.5) is 0 Å². The van der Waals surface area contributed by atoms with E-state index in [0.29, 0.717) is 10.7 Å². The van der Waals surface area contributed by atoms with Crippen molar-refractivity contribution in [3.8, 4) is 0 Å². The number of aromatic nitrogens is 1. The lowest BCUT2D eigenvalue weighted by molar-refractivity contribution is 0.198. The van der Waals surface area contributed by atoms with Crippen LogP contribution in [0.1, 0.15) is 18.6 Å². The highest BCUT2D eigenvalue weighted by molar-refractivity contribution is 14.1. The van der Waals surface area contributed by atoms with E-state index in [4.69, 9.17) is 11.6 Å². The van der Waals surface area contributed by atoms with Gasteiger partial charge in [-0.15, -0.1) is 0 Å². The third-order valence-corrected chi connectivity index (χ3v) is 2.55. The highest BCUT2D eigenvalue weighted by Gasteiger charge is 2.10. The SMILES string of the molecule is CC(O)c1c(I)ccnc1Cl. The van der Waals surface area contributed by atoms with Crippen LogP contribution in [0.2, 0.25) is 5.15 Å². The van der Waals surface area contributed by atoms with Gasteiger partial charge in [0, 0.05) is 15.3 Å². The van der Waals surface area contributed by atoms with Crippen molar-refractivity contribution >= 4 is 34.2 Å². The minimum atomic E-state index is -0.553. The van der Waals surface area contributed by atoms with Crippen molar-refractivity contribution in [2.45, 2.75) is 13.0 Å². The quantitative estimate of drug-likeness (QED) is 0.634. The van der Waals surface area contributed by atoms with Gasteiger partial charge in [-0.25, -0.2) is 4.98 Å². The molecule has 0 fully saturated rings. The van der Waals surface area contributed by atoms with Crippen LogP contribution in [0.15, 0.2) is 12.3 Å². The minimum absolute atomic E-state index is 0.381. The van der Waals surface area contributed by atoms with Gasteiger partial charge >= 0.3 is 0 Å². The van der Waals surface area contributed by atoms with Gasteiger partial charge < -0.3 is 5.11 Å². The third kappa shape index (κ3) is 2.04. The summed E-state index contributed by atoms with van der Waals surface area (Å²) in [6, 6.07) is 1.81. The molecule has 0 saturated carbocycles. The number of halogens is 2. The Morgan fingerprint density at radius 2 is 2.36 bits per heavy atom. The van der Waals surface area contributed by atoms with E-state index in [0.717, 1.165) is 3.57 Å². The van der Waals surface area contributed by atoms with E-state index in [2.05, 4.69) is 27.6 Å². The maximum absolute atomic E-state index is 9.26. The van der Waals surface area contributed by atoms with Gasteiger partial charge in [0.25, 0.3) is 0 Å². The highest BCUT2D eigenvalue weighted by atomic mass is 127. The van der Waals surface area contributed by atoms with Crippen LogP contribution in [0.5, 0.6) is 0 Å². The number of aliphatic hydroxyl groups excluding tert-OH is 1. The lowest BCUT2D eigenvalue weighted by Crippen LogP contribution is -1.97. The van der Waals surface area contributed by atoms with Crippen molar-refractivity contribution in [1.29, 1.82) is 0 Å². The summed E-state index contributed by atoms with van der Waals surface area (Å²) >= 11 is 7.87. The topological polar surface area (TPSA) is 33.1 Å². The van der Waals surface area contributed by atoms with Crippen molar-refractivity contribution < 1.29 is 5.11 Å². The Bertz CT molecular complexity index is 244. The predicted octanol–water partition coefficient (Wildman–Crippen LogP) is 2.39. The molecule has 1 aromatic heterocycles. The second-order valence-corrected chi connectivity index (χ2v) is 3.69. The molecule has 0 aliphatic rings. The Balaban J connectivity index is 3.21. The predicted molar refractivity (Wildman–Crippen MR) is 52.6 cm³/mol. The Hall–Kier alpha value is 0.130. The number of rotatable bonds is 1. The molecule has 0 aliphatic carbocycles. The zero-order chi connectivity index (χ0) is 8.43. The molecule has 0 amide bonds. The molecule has 0 spiro atoms. The molecule has 1 unspecified atom stereocenters. The maximum atomic E-state index is 9.26. The van der Waals surface area contributed by atoms with E-state index < -0.39 is 6.10 Å². The molecule has 2 nitrogen and oxygen atoms in total. The summed E-state index contributed by atoms with van der Waals surface area (Å²) in [5, 5.41) is 9.64. The molecule has 4 heteroatoms. The first-order chi connectivity index (χ1) is 5.13. The van der Waals surface area contributed by atoms with Crippen molar-refractivity contribution in [2.75, 3.05) is 0 Å². The van der Waals surface area contributed by atoms with Crippen LogP contribution in [0.3, 0.4) is 0 Å².